The minimum Gasteiger partial charge on any atom is -0.378 e. The first-order valence-electron chi connectivity index (χ1n) is 6.42. The van der Waals surface area contributed by atoms with Crippen molar-refractivity contribution in [2.24, 2.45) is 0 Å². The second kappa shape index (κ2) is 5.67. The monoisotopic (exact) mass is 244 g/mol. The molecule has 1 aromatic heterocycles. The average molecular weight is 244 g/mol. The fraction of sp³-hybridized carbons (Fsp3) is 0.429. The number of benzene rings is 1. The number of para-hydroxylation sites is 1. The number of rotatable bonds is 5. The molecule has 0 radical (unpaired) electrons. The Morgan fingerprint density at radius 2 is 2.06 bits per heavy atom. The molecule has 0 fully saturated rings. The van der Waals surface area contributed by atoms with Gasteiger partial charge in [0, 0.05) is 11.7 Å². The van der Waals surface area contributed by atoms with Crippen molar-refractivity contribution in [2.75, 3.05) is 5.32 Å². The lowest BCUT2D eigenvalue weighted by Gasteiger charge is -2.12. The zero-order valence-corrected chi connectivity index (χ0v) is 11.2. The number of hydrogen-bond acceptors (Lipinski definition) is 3. The smallest absolute Gasteiger partial charge is 0.146 e. The van der Waals surface area contributed by atoms with Crippen molar-refractivity contribution in [1.29, 1.82) is 0 Å². The van der Waals surface area contributed by atoms with Crippen molar-refractivity contribution < 1.29 is 0 Å². The summed E-state index contributed by atoms with van der Waals surface area (Å²) in [5, 5.41) is 7.67. The van der Waals surface area contributed by atoms with Crippen LogP contribution < -0.4 is 5.32 Å². The number of aromatic nitrogens is 3. The molecule has 0 aliphatic rings. The van der Waals surface area contributed by atoms with Gasteiger partial charge in [-0.25, -0.2) is 9.67 Å². The van der Waals surface area contributed by atoms with Crippen LogP contribution in [0.3, 0.4) is 0 Å². The van der Waals surface area contributed by atoms with E-state index in [1.807, 2.05) is 4.68 Å². The van der Waals surface area contributed by atoms with E-state index in [0.29, 0.717) is 12.6 Å². The van der Waals surface area contributed by atoms with E-state index in [1.54, 1.807) is 6.33 Å². The first-order valence-corrected chi connectivity index (χ1v) is 6.42. The topological polar surface area (TPSA) is 42.7 Å². The van der Waals surface area contributed by atoms with Gasteiger partial charge in [-0.3, -0.25) is 0 Å². The molecule has 18 heavy (non-hydrogen) atoms. The molecule has 0 aliphatic heterocycles. The Kier molecular flexibility index (Phi) is 3.97. The standard InChI is InChI=1S/C14H20N4/c1-4-12-7-5-6-8-13(12)15-9-14-16-10-17-18(14)11(2)3/h5-8,10-11,15H,4,9H2,1-3H3. The van der Waals surface area contributed by atoms with Crippen molar-refractivity contribution in [1.82, 2.24) is 14.8 Å². The molecule has 0 amide bonds. The molecule has 1 aromatic carbocycles. The third-order valence-corrected chi connectivity index (χ3v) is 2.97. The predicted octanol–water partition coefficient (Wildman–Crippen LogP) is 3.03. The molecular formula is C14H20N4. The van der Waals surface area contributed by atoms with Crippen molar-refractivity contribution in [2.45, 2.75) is 39.8 Å². The number of nitrogens with one attached hydrogen (secondary N) is 1. The molecule has 2 rings (SSSR count). The van der Waals surface area contributed by atoms with Crippen molar-refractivity contribution in [3.05, 3.63) is 42.0 Å². The third kappa shape index (κ3) is 2.70. The molecule has 0 aliphatic carbocycles. The summed E-state index contributed by atoms with van der Waals surface area (Å²) in [7, 11) is 0. The summed E-state index contributed by atoms with van der Waals surface area (Å²) in [6.45, 7) is 7.09. The van der Waals surface area contributed by atoms with E-state index < -0.39 is 0 Å². The molecule has 1 N–H and O–H groups in total. The van der Waals surface area contributed by atoms with E-state index in [1.165, 1.54) is 11.3 Å². The van der Waals surface area contributed by atoms with Crippen LogP contribution in [0, 0.1) is 0 Å². The van der Waals surface area contributed by atoms with E-state index in [4.69, 9.17) is 0 Å². The van der Waals surface area contributed by atoms with E-state index in [0.717, 1.165) is 12.2 Å². The van der Waals surface area contributed by atoms with Gasteiger partial charge >= 0.3 is 0 Å². The Labute approximate surface area is 108 Å². The van der Waals surface area contributed by atoms with Crippen LogP contribution in [0.2, 0.25) is 0 Å². The van der Waals surface area contributed by atoms with Crippen LogP contribution in [-0.2, 0) is 13.0 Å². The molecule has 0 bridgehead atoms. The van der Waals surface area contributed by atoms with Crippen LogP contribution in [0.5, 0.6) is 0 Å². The van der Waals surface area contributed by atoms with E-state index >= 15 is 0 Å². The molecule has 0 atom stereocenters. The van der Waals surface area contributed by atoms with Gasteiger partial charge in [-0.2, -0.15) is 5.10 Å². The molecule has 0 unspecified atom stereocenters. The summed E-state index contributed by atoms with van der Waals surface area (Å²) in [5.74, 6) is 0.968. The first-order chi connectivity index (χ1) is 8.72. The van der Waals surface area contributed by atoms with Gasteiger partial charge in [-0.05, 0) is 31.9 Å². The van der Waals surface area contributed by atoms with Gasteiger partial charge in [-0.15, -0.1) is 0 Å². The maximum absolute atomic E-state index is 4.30. The third-order valence-electron chi connectivity index (χ3n) is 2.97. The maximum atomic E-state index is 4.30. The highest BCUT2D eigenvalue weighted by Crippen LogP contribution is 2.16. The first kappa shape index (κ1) is 12.6. The highest BCUT2D eigenvalue weighted by atomic mass is 15.4. The molecule has 4 heteroatoms. The summed E-state index contributed by atoms with van der Waals surface area (Å²) >= 11 is 0. The lowest BCUT2D eigenvalue weighted by atomic mass is 10.1. The number of nitrogens with zero attached hydrogens (tertiary/aromatic N) is 3. The summed E-state index contributed by atoms with van der Waals surface area (Å²) in [5.41, 5.74) is 2.51. The Balaban J connectivity index is 2.09. The second-order valence-corrected chi connectivity index (χ2v) is 4.58. The molecule has 1 heterocycles. The molecular weight excluding hydrogens is 224 g/mol. The average Bonchev–Trinajstić information content (AvgIpc) is 2.85. The van der Waals surface area contributed by atoms with E-state index in [2.05, 4.69) is 60.4 Å². The lowest BCUT2D eigenvalue weighted by Crippen LogP contribution is -2.12. The SMILES string of the molecule is CCc1ccccc1NCc1ncnn1C(C)C. The van der Waals surface area contributed by atoms with Crippen LogP contribution >= 0.6 is 0 Å². The van der Waals surface area contributed by atoms with Gasteiger partial charge in [0.15, 0.2) is 0 Å². The van der Waals surface area contributed by atoms with Gasteiger partial charge < -0.3 is 5.32 Å². The van der Waals surface area contributed by atoms with Gasteiger partial charge in [0.2, 0.25) is 0 Å². The maximum Gasteiger partial charge on any atom is 0.146 e. The lowest BCUT2D eigenvalue weighted by molar-refractivity contribution is 0.509. The van der Waals surface area contributed by atoms with Crippen LogP contribution in [0.15, 0.2) is 30.6 Å². The van der Waals surface area contributed by atoms with Crippen molar-refractivity contribution in [3.8, 4) is 0 Å². The van der Waals surface area contributed by atoms with E-state index in [9.17, 15) is 0 Å². The van der Waals surface area contributed by atoms with Crippen LogP contribution in [0.1, 0.15) is 38.2 Å². The summed E-state index contributed by atoms with van der Waals surface area (Å²) < 4.78 is 1.95. The van der Waals surface area contributed by atoms with Gasteiger partial charge in [0.25, 0.3) is 0 Å². The highest BCUT2D eigenvalue weighted by Gasteiger charge is 2.07. The number of hydrogen-bond donors (Lipinski definition) is 1. The summed E-state index contributed by atoms with van der Waals surface area (Å²) in [6.07, 6.45) is 2.64. The summed E-state index contributed by atoms with van der Waals surface area (Å²) in [4.78, 5) is 4.30. The quantitative estimate of drug-likeness (QED) is 0.879. The molecule has 0 saturated heterocycles. The van der Waals surface area contributed by atoms with Crippen molar-refractivity contribution >= 4 is 5.69 Å². The van der Waals surface area contributed by atoms with Crippen LogP contribution in [0.25, 0.3) is 0 Å². The second-order valence-electron chi connectivity index (χ2n) is 4.58. The van der Waals surface area contributed by atoms with Gasteiger partial charge in [0.05, 0.1) is 6.54 Å². The Morgan fingerprint density at radius 1 is 1.28 bits per heavy atom. The van der Waals surface area contributed by atoms with E-state index in [-0.39, 0.29) is 0 Å². The molecule has 96 valence electrons. The fourth-order valence-electron chi connectivity index (χ4n) is 2.01. The zero-order valence-electron chi connectivity index (χ0n) is 11.2. The molecule has 4 nitrogen and oxygen atoms in total. The van der Waals surface area contributed by atoms with Crippen LogP contribution in [-0.4, -0.2) is 14.8 Å². The Morgan fingerprint density at radius 3 is 2.78 bits per heavy atom. The minimum absolute atomic E-state index is 0.339. The number of aryl methyl sites for hydroxylation is 1. The highest BCUT2D eigenvalue weighted by molar-refractivity contribution is 5.50. The van der Waals surface area contributed by atoms with Crippen molar-refractivity contribution in [3.63, 3.8) is 0 Å². The predicted molar refractivity (Wildman–Crippen MR) is 73.6 cm³/mol. The minimum atomic E-state index is 0.339. The zero-order chi connectivity index (χ0) is 13.0. The Bertz CT molecular complexity index is 502. The molecule has 2 aromatic rings. The fourth-order valence-corrected chi connectivity index (χ4v) is 2.01. The Hall–Kier alpha value is -1.84. The van der Waals surface area contributed by atoms with Gasteiger partial charge in [-0.1, -0.05) is 25.1 Å². The summed E-state index contributed by atoms with van der Waals surface area (Å²) in [6, 6.07) is 8.71. The largest absolute Gasteiger partial charge is 0.378 e. The number of anilines is 1. The molecule has 0 spiro atoms. The molecule has 0 saturated carbocycles. The van der Waals surface area contributed by atoms with Crippen LogP contribution in [0.4, 0.5) is 5.69 Å². The van der Waals surface area contributed by atoms with Gasteiger partial charge in [0.1, 0.15) is 12.2 Å². The normalized spacial score (nSPS) is 10.9.